The SMILES string of the molecule is CN1CCN(CCCNC(=O)C2(c3cccc(Br)c3)CC2)CC1. The Balaban J connectivity index is 1.43. The topological polar surface area (TPSA) is 35.6 Å². The fourth-order valence-electron chi connectivity index (χ4n) is 3.30. The van der Waals surface area contributed by atoms with Gasteiger partial charge in [-0.2, -0.15) is 0 Å². The van der Waals surface area contributed by atoms with Gasteiger partial charge in [0, 0.05) is 37.2 Å². The fraction of sp³-hybridized carbons (Fsp3) is 0.611. The summed E-state index contributed by atoms with van der Waals surface area (Å²) in [7, 11) is 2.18. The highest BCUT2D eigenvalue weighted by molar-refractivity contribution is 9.10. The van der Waals surface area contributed by atoms with Gasteiger partial charge in [-0.15, -0.1) is 0 Å². The maximum absolute atomic E-state index is 12.6. The summed E-state index contributed by atoms with van der Waals surface area (Å²) in [4.78, 5) is 17.4. The summed E-state index contributed by atoms with van der Waals surface area (Å²) in [6.07, 6.45) is 2.96. The smallest absolute Gasteiger partial charge is 0.230 e. The number of carbonyl (C=O) groups excluding carboxylic acids is 1. The molecule has 0 radical (unpaired) electrons. The molecule has 1 amide bonds. The third-order valence-electron chi connectivity index (χ3n) is 5.09. The van der Waals surface area contributed by atoms with Crippen LogP contribution in [0.4, 0.5) is 0 Å². The van der Waals surface area contributed by atoms with E-state index in [0.29, 0.717) is 0 Å². The van der Waals surface area contributed by atoms with Crippen LogP contribution in [0.15, 0.2) is 28.7 Å². The molecule has 0 atom stereocenters. The molecule has 2 aliphatic rings. The highest BCUT2D eigenvalue weighted by Gasteiger charge is 2.51. The Morgan fingerprint density at radius 3 is 2.65 bits per heavy atom. The lowest BCUT2D eigenvalue weighted by molar-refractivity contribution is -0.123. The molecule has 1 aliphatic carbocycles. The van der Waals surface area contributed by atoms with Gasteiger partial charge < -0.3 is 15.1 Å². The van der Waals surface area contributed by atoms with E-state index < -0.39 is 0 Å². The zero-order chi connectivity index (χ0) is 16.3. The average molecular weight is 380 g/mol. The number of halogens is 1. The molecule has 23 heavy (non-hydrogen) atoms. The molecule has 2 fully saturated rings. The molecule has 0 unspecified atom stereocenters. The van der Waals surface area contributed by atoms with E-state index in [1.807, 2.05) is 12.1 Å². The van der Waals surface area contributed by atoms with E-state index in [-0.39, 0.29) is 11.3 Å². The lowest BCUT2D eigenvalue weighted by Crippen LogP contribution is -2.45. The molecule has 0 aromatic heterocycles. The summed E-state index contributed by atoms with van der Waals surface area (Å²) in [6.45, 7) is 6.45. The standard InChI is InChI=1S/C18H26BrN3O/c1-21-10-12-22(13-11-21)9-3-8-20-17(23)18(6-7-18)15-4-2-5-16(19)14-15/h2,4-5,14H,3,6-13H2,1H3,(H,20,23). The summed E-state index contributed by atoms with van der Waals surface area (Å²) in [5, 5.41) is 3.16. The molecule has 4 nitrogen and oxygen atoms in total. The molecule has 0 bridgehead atoms. The number of benzene rings is 1. The Bertz CT molecular complexity index is 551. The molecule has 1 aromatic carbocycles. The fourth-order valence-corrected chi connectivity index (χ4v) is 3.70. The van der Waals surface area contributed by atoms with Crippen LogP contribution in [0.3, 0.4) is 0 Å². The minimum absolute atomic E-state index is 0.203. The molecule has 1 saturated heterocycles. The summed E-state index contributed by atoms with van der Waals surface area (Å²) >= 11 is 3.50. The number of rotatable bonds is 6. The number of likely N-dealkylation sites (N-methyl/N-ethyl adjacent to an activating group) is 1. The number of carbonyl (C=O) groups is 1. The van der Waals surface area contributed by atoms with Crippen molar-refractivity contribution in [3.05, 3.63) is 34.3 Å². The van der Waals surface area contributed by atoms with Crippen LogP contribution in [0.25, 0.3) is 0 Å². The van der Waals surface area contributed by atoms with E-state index in [4.69, 9.17) is 0 Å². The summed E-state index contributed by atoms with van der Waals surface area (Å²) < 4.78 is 1.05. The molecule has 3 rings (SSSR count). The highest BCUT2D eigenvalue weighted by Crippen LogP contribution is 2.48. The van der Waals surface area contributed by atoms with Gasteiger partial charge in [0.1, 0.15) is 0 Å². The molecule has 1 aromatic rings. The van der Waals surface area contributed by atoms with Crippen LogP contribution < -0.4 is 5.32 Å². The summed E-state index contributed by atoms with van der Waals surface area (Å²) in [5.74, 6) is 0.203. The number of nitrogens with one attached hydrogen (secondary N) is 1. The zero-order valence-corrected chi connectivity index (χ0v) is 15.4. The van der Waals surface area contributed by atoms with Crippen LogP contribution in [0, 0.1) is 0 Å². The Labute approximate surface area is 147 Å². The third kappa shape index (κ3) is 4.14. The lowest BCUT2D eigenvalue weighted by atomic mass is 9.95. The van der Waals surface area contributed by atoms with Crippen molar-refractivity contribution in [2.75, 3.05) is 46.3 Å². The minimum Gasteiger partial charge on any atom is -0.355 e. The number of nitrogens with zero attached hydrogens (tertiary/aromatic N) is 2. The Morgan fingerprint density at radius 2 is 2.00 bits per heavy atom. The van der Waals surface area contributed by atoms with Gasteiger partial charge in [-0.25, -0.2) is 0 Å². The number of hydrogen-bond acceptors (Lipinski definition) is 3. The van der Waals surface area contributed by atoms with Gasteiger partial charge in [0.15, 0.2) is 0 Å². The Hall–Kier alpha value is -0.910. The van der Waals surface area contributed by atoms with E-state index in [9.17, 15) is 4.79 Å². The van der Waals surface area contributed by atoms with Crippen molar-refractivity contribution < 1.29 is 4.79 Å². The van der Waals surface area contributed by atoms with Crippen LogP contribution in [-0.4, -0.2) is 62.0 Å². The van der Waals surface area contributed by atoms with Crippen LogP contribution in [0.5, 0.6) is 0 Å². The molecular weight excluding hydrogens is 354 g/mol. The van der Waals surface area contributed by atoms with E-state index in [2.05, 4.69) is 50.2 Å². The van der Waals surface area contributed by atoms with Crippen molar-refractivity contribution >= 4 is 21.8 Å². The van der Waals surface area contributed by atoms with Gasteiger partial charge in [-0.1, -0.05) is 28.1 Å². The number of hydrogen-bond donors (Lipinski definition) is 1. The first-order chi connectivity index (χ1) is 11.1. The first-order valence-corrected chi connectivity index (χ1v) is 9.35. The van der Waals surface area contributed by atoms with Crippen molar-refractivity contribution in [1.29, 1.82) is 0 Å². The average Bonchev–Trinajstić information content (AvgIpc) is 3.35. The molecule has 1 heterocycles. The maximum Gasteiger partial charge on any atom is 0.230 e. The molecule has 1 aliphatic heterocycles. The monoisotopic (exact) mass is 379 g/mol. The molecule has 126 valence electrons. The van der Waals surface area contributed by atoms with Gasteiger partial charge in [0.25, 0.3) is 0 Å². The van der Waals surface area contributed by atoms with Crippen LogP contribution in [0.2, 0.25) is 0 Å². The third-order valence-corrected chi connectivity index (χ3v) is 5.59. The van der Waals surface area contributed by atoms with E-state index in [0.717, 1.165) is 68.6 Å². The van der Waals surface area contributed by atoms with Crippen molar-refractivity contribution in [2.24, 2.45) is 0 Å². The van der Waals surface area contributed by atoms with E-state index >= 15 is 0 Å². The summed E-state index contributed by atoms with van der Waals surface area (Å²) in [6, 6.07) is 8.17. The predicted octanol–water partition coefficient (Wildman–Crippen LogP) is 2.23. The number of amides is 1. The Kier molecular flexibility index (Phi) is 5.39. The van der Waals surface area contributed by atoms with Crippen LogP contribution >= 0.6 is 15.9 Å². The Morgan fingerprint density at radius 1 is 1.26 bits per heavy atom. The quantitative estimate of drug-likeness (QED) is 0.769. The molecule has 1 N–H and O–H groups in total. The van der Waals surface area contributed by atoms with Gasteiger partial charge >= 0.3 is 0 Å². The van der Waals surface area contributed by atoms with E-state index in [1.165, 1.54) is 0 Å². The van der Waals surface area contributed by atoms with Gasteiger partial charge in [0.2, 0.25) is 5.91 Å². The van der Waals surface area contributed by atoms with Crippen LogP contribution in [0.1, 0.15) is 24.8 Å². The van der Waals surface area contributed by atoms with Gasteiger partial charge in [0.05, 0.1) is 5.41 Å². The maximum atomic E-state index is 12.6. The largest absolute Gasteiger partial charge is 0.355 e. The second-order valence-corrected chi connectivity index (χ2v) is 7.76. The van der Waals surface area contributed by atoms with E-state index in [1.54, 1.807) is 0 Å². The van der Waals surface area contributed by atoms with Gasteiger partial charge in [-0.3, -0.25) is 4.79 Å². The molecule has 0 spiro atoms. The molecule has 5 heteroatoms. The lowest BCUT2D eigenvalue weighted by Gasteiger charge is -2.32. The van der Waals surface area contributed by atoms with Crippen LogP contribution in [-0.2, 0) is 10.2 Å². The normalized spacial score (nSPS) is 21.1. The second kappa shape index (κ2) is 7.32. The highest BCUT2D eigenvalue weighted by atomic mass is 79.9. The van der Waals surface area contributed by atoms with Crippen molar-refractivity contribution in [3.8, 4) is 0 Å². The first-order valence-electron chi connectivity index (χ1n) is 8.55. The second-order valence-electron chi connectivity index (χ2n) is 6.85. The zero-order valence-electron chi connectivity index (χ0n) is 13.9. The van der Waals surface area contributed by atoms with Crippen molar-refractivity contribution in [2.45, 2.75) is 24.7 Å². The molecular formula is C18H26BrN3O. The van der Waals surface area contributed by atoms with Gasteiger partial charge in [-0.05, 0) is 50.6 Å². The van der Waals surface area contributed by atoms with Crippen molar-refractivity contribution in [3.63, 3.8) is 0 Å². The minimum atomic E-state index is -0.266. The predicted molar refractivity (Wildman–Crippen MR) is 96.6 cm³/mol. The summed E-state index contributed by atoms with van der Waals surface area (Å²) in [5.41, 5.74) is 0.876. The first kappa shape index (κ1) is 16.9. The molecule has 1 saturated carbocycles. The van der Waals surface area contributed by atoms with Crippen molar-refractivity contribution in [1.82, 2.24) is 15.1 Å². The number of piperazine rings is 1.